The highest BCUT2D eigenvalue weighted by atomic mass is 16.2. The predicted molar refractivity (Wildman–Crippen MR) is 62.6 cm³/mol. The van der Waals surface area contributed by atoms with Crippen LogP contribution in [0.1, 0.15) is 11.3 Å². The van der Waals surface area contributed by atoms with Crippen molar-refractivity contribution >= 4 is 11.7 Å². The molecule has 1 aromatic carbocycles. The smallest absolute Gasteiger partial charge is 0.306 e. The van der Waals surface area contributed by atoms with E-state index in [-0.39, 0.29) is 6.03 Å². The SMILES string of the molecule is Cc1cnn(C(=O)Nc2ccccc2)c1C. The minimum Gasteiger partial charge on any atom is -0.306 e. The lowest BCUT2D eigenvalue weighted by Gasteiger charge is -2.06. The predicted octanol–water partition coefficient (Wildman–Crippen LogP) is 2.58. The molecule has 0 spiro atoms. The van der Waals surface area contributed by atoms with Gasteiger partial charge in [-0.1, -0.05) is 18.2 Å². The molecule has 0 bridgehead atoms. The maximum Gasteiger partial charge on any atom is 0.346 e. The molecule has 82 valence electrons. The van der Waals surface area contributed by atoms with Crippen molar-refractivity contribution in [3.63, 3.8) is 0 Å². The number of benzene rings is 1. The molecule has 0 saturated heterocycles. The largest absolute Gasteiger partial charge is 0.346 e. The molecular weight excluding hydrogens is 202 g/mol. The Morgan fingerprint density at radius 3 is 2.50 bits per heavy atom. The van der Waals surface area contributed by atoms with E-state index in [4.69, 9.17) is 0 Å². The van der Waals surface area contributed by atoms with E-state index in [9.17, 15) is 4.79 Å². The second kappa shape index (κ2) is 4.18. The van der Waals surface area contributed by atoms with Crippen LogP contribution in [0.25, 0.3) is 0 Å². The van der Waals surface area contributed by atoms with Crippen molar-refractivity contribution in [1.82, 2.24) is 9.78 Å². The fourth-order valence-corrected chi connectivity index (χ4v) is 1.39. The van der Waals surface area contributed by atoms with Gasteiger partial charge in [-0.15, -0.1) is 0 Å². The molecule has 0 aliphatic carbocycles. The number of hydrogen-bond acceptors (Lipinski definition) is 2. The van der Waals surface area contributed by atoms with Gasteiger partial charge in [0.15, 0.2) is 0 Å². The van der Waals surface area contributed by atoms with Crippen LogP contribution in [0.15, 0.2) is 36.5 Å². The number of para-hydroxylation sites is 1. The van der Waals surface area contributed by atoms with Crippen LogP contribution in [0.4, 0.5) is 10.5 Å². The number of rotatable bonds is 1. The van der Waals surface area contributed by atoms with Crippen molar-refractivity contribution in [2.45, 2.75) is 13.8 Å². The summed E-state index contributed by atoms with van der Waals surface area (Å²) in [7, 11) is 0. The first kappa shape index (κ1) is 10.4. The summed E-state index contributed by atoms with van der Waals surface area (Å²) in [4.78, 5) is 11.8. The van der Waals surface area contributed by atoms with Gasteiger partial charge in [0.05, 0.1) is 6.20 Å². The Kier molecular flexibility index (Phi) is 2.72. The summed E-state index contributed by atoms with van der Waals surface area (Å²) in [5.41, 5.74) is 2.62. The highest BCUT2D eigenvalue weighted by Gasteiger charge is 2.10. The normalized spacial score (nSPS) is 10.1. The van der Waals surface area contributed by atoms with Crippen molar-refractivity contribution in [3.8, 4) is 0 Å². The first-order valence-electron chi connectivity index (χ1n) is 5.06. The van der Waals surface area contributed by atoms with Crippen LogP contribution < -0.4 is 5.32 Å². The van der Waals surface area contributed by atoms with E-state index in [1.54, 1.807) is 6.20 Å². The van der Waals surface area contributed by atoms with Gasteiger partial charge >= 0.3 is 6.03 Å². The molecule has 1 N–H and O–H groups in total. The van der Waals surface area contributed by atoms with Gasteiger partial charge in [-0.25, -0.2) is 4.79 Å². The third-order valence-corrected chi connectivity index (χ3v) is 2.47. The molecule has 1 aromatic heterocycles. The second-order valence-electron chi connectivity index (χ2n) is 3.62. The lowest BCUT2D eigenvalue weighted by atomic mass is 10.3. The number of hydrogen-bond donors (Lipinski definition) is 1. The molecule has 16 heavy (non-hydrogen) atoms. The van der Waals surface area contributed by atoms with Crippen molar-refractivity contribution in [1.29, 1.82) is 0 Å². The summed E-state index contributed by atoms with van der Waals surface area (Å²) < 4.78 is 1.36. The molecule has 2 rings (SSSR count). The van der Waals surface area contributed by atoms with Crippen molar-refractivity contribution in [2.24, 2.45) is 0 Å². The Hall–Kier alpha value is -2.10. The van der Waals surface area contributed by atoms with Crippen molar-refractivity contribution < 1.29 is 4.79 Å². The minimum absolute atomic E-state index is 0.239. The number of aryl methyl sites for hydroxylation is 1. The number of nitrogens with zero attached hydrogens (tertiary/aromatic N) is 2. The van der Waals surface area contributed by atoms with E-state index >= 15 is 0 Å². The number of nitrogens with one attached hydrogen (secondary N) is 1. The third kappa shape index (κ3) is 1.95. The number of carbonyl (C=O) groups excluding carboxylic acids is 1. The van der Waals surface area contributed by atoms with Crippen LogP contribution in [0, 0.1) is 13.8 Å². The molecule has 2 aromatic rings. The van der Waals surface area contributed by atoms with Crippen LogP contribution in [-0.2, 0) is 0 Å². The Balaban J connectivity index is 2.18. The van der Waals surface area contributed by atoms with Crippen LogP contribution in [0.5, 0.6) is 0 Å². The topological polar surface area (TPSA) is 46.9 Å². The average Bonchev–Trinajstić information content (AvgIpc) is 2.61. The fourth-order valence-electron chi connectivity index (χ4n) is 1.39. The molecule has 1 amide bonds. The summed E-state index contributed by atoms with van der Waals surface area (Å²) in [6.07, 6.45) is 1.68. The average molecular weight is 215 g/mol. The number of anilines is 1. The molecule has 0 aliphatic rings. The van der Waals surface area contributed by atoms with Gasteiger partial charge in [0.25, 0.3) is 0 Å². The Bertz CT molecular complexity index is 502. The van der Waals surface area contributed by atoms with Gasteiger partial charge in [0.1, 0.15) is 0 Å². The summed E-state index contributed by atoms with van der Waals surface area (Å²) in [6, 6.07) is 9.08. The zero-order chi connectivity index (χ0) is 11.5. The highest BCUT2D eigenvalue weighted by Crippen LogP contribution is 2.08. The quantitative estimate of drug-likeness (QED) is 0.794. The Labute approximate surface area is 93.9 Å². The van der Waals surface area contributed by atoms with Crippen molar-refractivity contribution in [3.05, 3.63) is 47.8 Å². The van der Waals surface area contributed by atoms with E-state index in [2.05, 4.69) is 10.4 Å². The zero-order valence-corrected chi connectivity index (χ0v) is 9.27. The molecule has 4 heteroatoms. The number of carbonyl (C=O) groups is 1. The summed E-state index contributed by atoms with van der Waals surface area (Å²) >= 11 is 0. The van der Waals surface area contributed by atoms with Gasteiger partial charge in [-0.05, 0) is 31.5 Å². The number of amides is 1. The lowest BCUT2D eigenvalue weighted by Crippen LogP contribution is -2.21. The molecule has 0 atom stereocenters. The van der Waals surface area contributed by atoms with E-state index in [1.807, 2.05) is 44.2 Å². The van der Waals surface area contributed by atoms with Gasteiger partial charge in [-0.2, -0.15) is 9.78 Å². The second-order valence-corrected chi connectivity index (χ2v) is 3.62. The number of aromatic nitrogens is 2. The molecule has 0 unspecified atom stereocenters. The molecule has 0 radical (unpaired) electrons. The maximum absolute atomic E-state index is 11.8. The van der Waals surface area contributed by atoms with E-state index in [0.717, 1.165) is 16.9 Å². The molecule has 0 fully saturated rings. The minimum atomic E-state index is -0.239. The fraction of sp³-hybridized carbons (Fsp3) is 0.167. The third-order valence-electron chi connectivity index (χ3n) is 2.47. The molecule has 0 saturated carbocycles. The van der Waals surface area contributed by atoms with Gasteiger partial charge in [0.2, 0.25) is 0 Å². The highest BCUT2D eigenvalue weighted by molar-refractivity contribution is 5.90. The first-order valence-corrected chi connectivity index (χ1v) is 5.06. The van der Waals surface area contributed by atoms with Crippen LogP contribution in [0.2, 0.25) is 0 Å². The maximum atomic E-state index is 11.8. The van der Waals surface area contributed by atoms with Gasteiger partial charge < -0.3 is 5.32 Å². The zero-order valence-electron chi connectivity index (χ0n) is 9.27. The van der Waals surface area contributed by atoms with Gasteiger partial charge in [0, 0.05) is 11.4 Å². The summed E-state index contributed by atoms with van der Waals surface area (Å²) in [5.74, 6) is 0. The molecule has 1 heterocycles. The van der Waals surface area contributed by atoms with E-state index < -0.39 is 0 Å². The molecule has 4 nitrogen and oxygen atoms in total. The van der Waals surface area contributed by atoms with Crippen LogP contribution in [-0.4, -0.2) is 15.8 Å². The monoisotopic (exact) mass is 215 g/mol. The molecule has 0 aliphatic heterocycles. The van der Waals surface area contributed by atoms with Crippen LogP contribution >= 0.6 is 0 Å². The Morgan fingerprint density at radius 1 is 1.25 bits per heavy atom. The molecular formula is C12H13N3O. The van der Waals surface area contributed by atoms with E-state index in [1.165, 1.54) is 4.68 Å². The van der Waals surface area contributed by atoms with Gasteiger partial charge in [-0.3, -0.25) is 0 Å². The summed E-state index contributed by atoms with van der Waals surface area (Å²) in [6.45, 7) is 3.79. The summed E-state index contributed by atoms with van der Waals surface area (Å²) in [5, 5.41) is 6.79. The van der Waals surface area contributed by atoms with E-state index in [0.29, 0.717) is 0 Å². The standard InChI is InChI=1S/C12H13N3O/c1-9-8-13-15(10(9)2)12(16)14-11-6-4-3-5-7-11/h3-8H,1-2H3,(H,14,16). The van der Waals surface area contributed by atoms with Crippen LogP contribution in [0.3, 0.4) is 0 Å². The Morgan fingerprint density at radius 2 is 1.94 bits per heavy atom. The lowest BCUT2D eigenvalue weighted by molar-refractivity contribution is 0.250. The van der Waals surface area contributed by atoms with Crippen molar-refractivity contribution in [2.75, 3.05) is 5.32 Å². The first-order chi connectivity index (χ1) is 7.68.